The van der Waals surface area contributed by atoms with E-state index >= 15 is 0 Å². The normalized spacial score (nSPS) is 20.4. The number of likely N-dealkylation sites (tertiary alicyclic amines) is 1. The molecule has 3 atom stereocenters. The Morgan fingerprint density at radius 1 is 1.16 bits per heavy atom. The second-order valence-electron chi connectivity index (χ2n) is 9.01. The number of hydrogen-bond donors (Lipinski definition) is 1. The van der Waals surface area contributed by atoms with Crippen molar-refractivity contribution in [3.8, 4) is 11.3 Å². The van der Waals surface area contributed by atoms with Crippen molar-refractivity contribution in [2.45, 2.75) is 64.6 Å². The van der Waals surface area contributed by atoms with E-state index in [1.54, 1.807) is 0 Å². The highest BCUT2D eigenvalue weighted by Crippen LogP contribution is 2.31. The Hall–Kier alpha value is -2.37. The standard InChI is InChI=1S/C26H33ClN4O/c1-18-9-7-10-19(2)30(18)16-8-15-28-26(32)20(3)31-24-14-13-22(27)17-23(24)25(29-31)21-11-5-4-6-12-21/h4-6,11-14,17-20H,7-10,15-16H2,1-3H3,(H,28,32)/t18-,19+,20-/m1/s1. The molecule has 1 saturated heterocycles. The highest BCUT2D eigenvalue weighted by molar-refractivity contribution is 6.31. The summed E-state index contributed by atoms with van der Waals surface area (Å²) in [6.07, 6.45) is 4.82. The minimum Gasteiger partial charge on any atom is -0.354 e. The minimum atomic E-state index is -0.413. The van der Waals surface area contributed by atoms with Gasteiger partial charge in [-0.3, -0.25) is 14.4 Å². The van der Waals surface area contributed by atoms with Gasteiger partial charge in [0.25, 0.3) is 0 Å². The molecule has 1 N–H and O–H groups in total. The van der Waals surface area contributed by atoms with Crippen LogP contribution in [0.2, 0.25) is 5.02 Å². The largest absolute Gasteiger partial charge is 0.354 e. The topological polar surface area (TPSA) is 50.2 Å². The number of piperidine rings is 1. The molecule has 1 aromatic heterocycles. The number of halogens is 1. The predicted molar refractivity (Wildman–Crippen MR) is 132 cm³/mol. The summed E-state index contributed by atoms with van der Waals surface area (Å²) in [7, 11) is 0. The van der Waals surface area contributed by atoms with Gasteiger partial charge in [0.2, 0.25) is 5.91 Å². The second kappa shape index (κ2) is 10.1. The van der Waals surface area contributed by atoms with Crippen molar-refractivity contribution in [2.75, 3.05) is 13.1 Å². The van der Waals surface area contributed by atoms with Crippen molar-refractivity contribution >= 4 is 28.4 Å². The average Bonchev–Trinajstić information content (AvgIpc) is 3.16. The van der Waals surface area contributed by atoms with E-state index in [1.807, 2.05) is 60.1 Å². The zero-order valence-corrected chi connectivity index (χ0v) is 20.0. The number of aromatic nitrogens is 2. The van der Waals surface area contributed by atoms with Crippen molar-refractivity contribution in [3.05, 3.63) is 53.6 Å². The van der Waals surface area contributed by atoms with Gasteiger partial charge in [-0.25, -0.2) is 0 Å². The number of nitrogens with one attached hydrogen (secondary N) is 1. The molecule has 0 saturated carbocycles. The van der Waals surface area contributed by atoms with Crippen LogP contribution in [0.25, 0.3) is 22.2 Å². The number of nitrogens with zero attached hydrogens (tertiary/aromatic N) is 3. The third-order valence-electron chi connectivity index (χ3n) is 6.73. The molecule has 32 heavy (non-hydrogen) atoms. The van der Waals surface area contributed by atoms with Gasteiger partial charge in [-0.05, 0) is 58.2 Å². The van der Waals surface area contributed by atoms with Crippen molar-refractivity contribution < 1.29 is 4.79 Å². The van der Waals surface area contributed by atoms with E-state index < -0.39 is 6.04 Å². The number of carbonyl (C=O) groups excluding carboxylic acids is 1. The number of fused-ring (bicyclic) bond motifs is 1. The van der Waals surface area contributed by atoms with Crippen LogP contribution in [0.1, 0.15) is 52.5 Å². The van der Waals surface area contributed by atoms with Gasteiger partial charge in [0.15, 0.2) is 0 Å². The van der Waals surface area contributed by atoms with E-state index in [-0.39, 0.29) is 5.91 Å². The first kappa shape index (κ1) is 22.8. The molecule has 0 aliphatic carbocycles. The zero-order valence-electron chi connectivity index (χ0n) is 19.2. The summed E-state index contributed by atoms with van der Waals surface area (Å²) >= 11 is 6.28. The minimum absolute atomic E-state index is 0.0105. The van der Waals surface area contributed by atoms with Crippen LogP contribution in [-0.4, -0.2) is 45.8 Å². The van der Waals surface area contributed by atoms with Gasteiger partial charge < -0.3 is 5.32 Å². The van der Waals surface area contributed by atoms with Crippen LogP contribution < -0.4 is 5.32 Å². The van der Waals surface area contributed by atoms with Gasteiger partial charge in [0, 0.05) is 41.1 Å². The van der Waals surface area contributed by atoms with Gasteiger partial charge in [-0.1, -0.05) is 48.4 Å². The molecule has 4 rings (SSSR count). The summed E-state index contributed by atoms with van der Waals surface area (Å²) in [4.78, 5) is 15.5. The Morgan fingerprint density at radius 3 is 2.59 bits per heavy atom. The lowest BCUT2D eigenvalue weighted by atomic mass is 9.97. The van der Waals surface area contributed by atoms with Crippen LogP contribution in [0.3, 0.4) is 0 Å². The van der Waals surface area contributed by atoms with Crippen LogP contribution in [0.15, 0.2) is 48.5 Å². The van der Waals surface area contributed by atoms with E-state index in [0.29, 0.717) is 23.7 Å². The smallest absolute Gasteiger partial charge is 0.244 e. The van der Waals surface area contributed by atoms with Gasteiger partial charge in [0.1, 0.15) is 11.7 Å². The molecule has 5 nitrogen and oxygen atoms in total. The molecule has 2 heterocycles. The second-order valence-corrected chi connectivity index (χ2v) is 9.44. The van der Waals surface area contributed by atoms with Gasteiger partial charge in [-0.2, -0.15) is 5.10 Å². The molecule has 1 fully saturated rings. The fourth-order valence-corrected chi connectivity index (χ4v) is 5.04. The number of amides is 1. The Balaban J connectivity index is 1.45. The quantitative estimate of drug-likeness (QED) is 0.468. The van der Waals surface area contributed by atoms with Gasteiger partial charge >= 0.3 is 0 Å². The molecule has 170 valence electrons. The first-order valence-corrected chi connectivity index (χ1v) is 12.1. The van der Waals surface area contributed by atoms with Crippen molar-refractivity contribution in [3.63, 3.8) is 0 Å². The predicted octanol–water partition coefficient (Wildman–Crippen LogP) is 5.69. The maximum absolute atomic E-state index is 13.0. The molecular formula is C26H33ClN4O. The summed E-state index contributed by atoms with van der Waals surface area (Å²) in [5.41, 5.74) is 2.76. The highest BCUT2D eigenvalue weighted by atomic mass is 35.5. The van der Waals surface area contributed by atoms with Crippen molar-refractivity contribution in [1.29, 1.82) is 0 Å². The molecule has 0 unspecified atom stereocenters. The average molecular weight is 453 g/mol. The number of benzene rings is 2. The first-order chi connectivity index (χ1) is 15.5. The highest BCUT2D eigenvalue weighted by Gasteiger charge is 2.24. The molecule has 1 aliphatic heterocycles. The van der Waals surface area contributed by atoms with Crippen molar-refractivity contribution in [1.82, 2.24) is 20.0 Å². The maximum atomic E-state index is 13.0. The fourth-order valence-electron chi connectivity index (χ4n) is 4.87. The van der Waals surface area contributed by atoms with Crippen LogP contribution in [-0.2, 0) is 4.79 Å². The molecule has 0 spiro atoms. The monoisotopic (exact) mass is 452 g/mol. The molecular weight excluding hydrogens is 420 g/mol. The third kappa shape index (κ3) is 4.84. The van der Waals surface area contributed by atoms with Gasteiger partial charge in [-0.15, -0.1) is 0 Å². The summed E-state index contributed by atoms with van der Waals surface area (Å²) in [5, 5.41) is 9.57. The lowest BCUT2D eigenvalue weighted by Gasteiger charge is -2.39. The molecule has 1 aliphatic rings. The number of hydrogen-bond acceptors (Lipinski definition) is 3. The summed E-state index contributed by atoms with van der Waals surface area (Å²) in [6, 6.07) is 16.6. The zero-order chi connectivity index (χ0) is 22.7. The van der Waals surface area contributed by atoms with E-state index in [4.69, 9.17) is 16.7 Å². The molecule has 3 aromatic rings. The lowest BCUT2D eigenvalue weighted by Crippen LogP contribution is -2.45. The lowest BCUT2D eigenvalue weighted by molar-refractivity contribution is -0.124. The first-order valence-electron chi connectivity index (χ1n) is 11.7. The molecule has 1 amide bonds. The van der Waals surface area contributed by atoms with E-state index in [9.17, 15) is 4.79 Å². The Morgan fingerprint density at radius 2 is 1.88 bits per heavy atom. The Bertz CT molecular complexity index is 1050. The molecule has 6 heteroatoms. The Labute approximate surface area is 195 Å². The summed E-state index contributed by atoms with van der Waals surface area (Å²) in [6.45, 7) is 8.24. The Kier molecular flexibility index (Phi) is 7.17. The maximum Gasteiger partial charge on any atom is 0.244 e. The van der Waals surface area contributed by atoms with Crippen LogP contribution in [0.5, 0.6) is 0 Å². The van der Waals surface area contributed by atoms with E-state index in [0.717, 1.165) is 35.1 Å². The summed E-state index contributed by atoms with van der Waals surface area (Å²) < 4.78 is 1.82. The van der Waals surface area contributed by atoms with Crippen LogP contribution in [0, 0.1) is 0 Å². The van der Waals surface area contributed by atoms with Crippen LogP contribution >= 0.6 is 11.6 Å². The third-order valence-corrected chi connectivity index (χ3v) is 6.97. The van der Waals surface area contributed by atoms with Crippen LogP contribution in [0.4, 0.5) is 0 Å². The number of rotatable bonds is 7. The summed E-state index contributed by atoms with van der Waals surface area (Å²) in [5.74, 6) is -0.0105. The van der Waals surface area contributed by atoms with E-state index in [2.05, 4.69) is 24.1 Å². The molecule has 0 bridgehead atoms. The fraction of sp³-hybridized carbons (Fsp3) is 0.462. The van der Waals surface area contributed by atoms with Gasteiger partial charge in [0.05, 0.1) is 5.52 Å². The molecule has 0 radical (unpaired) electrons. The van der Waals surface area contributed by atoms with Crippen molar-refractivity contribution in [2.24, 2.45) is 0 Å². The van der Waals surface area contributed by atoms with E-state index in [1.165, 1.54) is 19.3 Å². The molecule has 2 aromatic carbocycles. The SMILES string of the molecule is C[C@@H]1CCC[C@H](C)N1CCCNC(=O)[C@@H](C)n1nc(-c2ccccc2)c2cc(Cl)ccc21. The number of carbonyl (C=O) groups is 1.